The predicted molar refractivity (Wildman–Crippen MR) is 107 cm³/mol. The number of ether oxygens (including phenoxy) is 2. The molecule has 3 heterocycles. The molecule has 12 heteroatoms. The molecule has 6 N–H and O–H groups in total. The maximum Gasteiger partial charge on any atom is 0.320 e. The number of anilines is 1. The number of aromatic nitrogens is 4. The van der Waals surface area contributed by atoms with Crippen molar-refractivity contribution < 1.29 is 24.8 Å². The van der Waals surface area contributed by atoms with Crippen molar-refractivity contribution in [3.05, 3.63) is 41.2 Å². The SMILES string of the molecule is NNc1nc(OCCc2ccc(Cl)cc2)nc2c1ncn2[C@@H]1O[C@H](CO)[C@@H](O)[C@H]1O. The molecule has 1 aliphatic rings. The Hall–Kier alpha value is -2.54. The molecular weight excluding hydrogens is 416 g/mol. The Bertz CT molecular complexity index is 1020. The highest BCUT2D eigenvalue weighted by molar-refractivity contribution is 6.30. The van der Waals surface area contributed by atoms with E-state index in [9.17, 15) is 15.3 Å². The number of hydrogen-bond donors (Lipinski definition) is 5. The number of nitrogens with two attached hydrogens (primary N) is 1. The van der Waals surface area contributed by atoms with Gasteiger partial charge in [-0.2, -0.15) is 9.97 Å². The van der Waals surface area contributed by atoms with E-state index in [0.717, 1.165) is 5.56 Å². The van der Waals surface area contributed by atoms with Crippen molar-refractivity contribution in [1.82, 2.24) is 19.5 Å². The molecule has 4 atom stereocenters. The summed E-state index contributed by atoms with van der Waals surface area (Å²) in [5.74, 6) is 5.79. The van der Waals surface area contributed by atoms with Gasteiger partial charge in [-0.1, -0.05) is 23.7 Å². The molecule has 0 aliphatic carbocycles. The summed E-state index contributed by atoms with van der Waals surface area (Å²) in [6.07, 6.45) is -2.45. The number of aliphatic hydroxyl groups is 3. The van der Waals surface area contributed by atoms with Crippen molar-refractivity contribution in [3.8, 4) is 6.01 Å². The molecule has 4 rings (SSSR count). The smallest absolute Gasteiger partial charge is 0.320 e. The molecule has 1 saturated heterocycles. The zero-order chi connectivity index (χ0) is 21.3. The van der Waals surface area contributed by atoms with Crippen LogP contribution in [0.5, 0.6) is 6.01 Å². The summed E-state index contributed by atoms with van der Waals surface area (Å²) in [5, 5.41) is 30.3. The molecule has 1 fully saturated rings. The van der Waals surface area contributed by atoms with E-state index in [1.165, 1.54) is 10.9 Å². The van der Waals surface area contributed by atoms with E-state index in [-0.39, 0.29) is 17.5 Å². The number of imidazole rings is 1. The molecule has 0 unspecified atom stereocenters. The summed E-state index contributed by atoms with van der Waals surface area (Å²) in [6, 6.07) is 7.46. The fourth-order valence-corrected chi connectivity index (χ4v) is 3.40. The second-order valence-electron chi connectivity index (χ2n) is 6.78. The average molecular weight is 437 g/mol. The van der Waals surface area contributed by atoms with Crippen LogP contribution in [0.2, 0.25) is 5.02 Å². The third-order valence-electron chi connectivity index (χ3n) is 4.86. The van der Waals surface area contributed by atoms with Gasteiger partial charge in [0.25, 0.3) is 0 Å². The minimum Gasteiger partial charge on any atom is -0.463 e. The van der Waals surface area contributed by atoms with Gasteiger partial charge < -0.3 is 30.2 Å². The first-order chi connectivity index (χ1) is 14.5. The highest BCUT2D eigenvalue weighted by Gasteiger charge is 2.44. The number of benzene rings is 1. The number of aliphatic hydroxyl groups excluding tert-OH is 3. The number of fused-ring (bicyclic) bond motifs is 1. The van der Waals surface area contributed by atoms with E-state index >= 15 is 0 Å². The summed E-state index contributed by atoms with van der Waals surface area (Å²) in [4.78, 5) is 12.8. The standard InChI is InChI=1S/C18H21ClN6O5/c19-10-3-1-9(2-4-10)5-6-29-18-22-15(24-20)12-16(23-18)25(8-21-12)17-14(28)13(27)11(7-26)30-17/h1-4,8,11,13-14,17,26-28H,5-7,20H2,(H,22,23,24)/t11-,13-,14-,17-/m1/s1. The van der Waals surface area contributed by atoms with Crippen LogP contribution >= 0.6 is 11.6 Å². The van der Waals surface area contributed by atoms with Crippen molar-refractivity contribution in [3.63, 3.8) is 0 Å². The fraction of sp³-hybridized carbons (Fsp3) is 0.389. The molecule has 2 aromatic heterocycles. The number of nitrogens with zero attached hydrogens (tertiary/aromatic N) is 4. The first-order valence-electron chi connectivity index (χ1n) is 9.22. The lowest BCUT2D eigenvalue weighted by atomic mass is 10.1. The normalized spacial score (nSPS) is 23.8. The van der Waals surface area contributed by atoms with Crippen LogP contribution in [-0.4, -0.2) is 66.4 Å². The van der Waals surface area contributed by atoms with E-state index in [2.05, 4.69) is 20.4 Å². The summed E-state index contributed by atoms with van der Waals surface area (Å²) in [5.41, 5.74) is 4.11. The van der Waals surface area contributed by atoms with Crippen molar-refractivity contribution in [2.75, 3.05) is 18.6 Å². The number of hydrazine groups is 1. The third kappa shape index (κ3) is 3.90. The van der Waals surface area contributed by atoms with E-state index < -0.39 is 31.1 Å². The quantitative estimate of drug-likeness (QED) is 0.252. The summed E-state index contributed by atoms with van der Waals surface area (Å²) in [6.45, 7) is -0.135. The Morgan fingerprint density at radius 3 is 2.63 bits per heavy atom. The topological polar surface area (TPSA) is 161 Å². The van der Waals surface area contributed by atoms with E-state index in [1.54, 1.807) is 12.1 Å². The van der Waals surface area contributed by atoms with Gasteiger partial charge in [0.05, 0.1) is 19.5 Å². The largest absolute Gasteiger partial charge is 0.463 e. The lowest BCUT2D eigenvalue weighted by molar-refractivity contribution is -0.0511. The number of hydrogen-bond acceptors (Lipinski definition) is 10. The molecule has 0 amide bonds. The second kappa shape index (κ2) is 8.68. The van der Waals surface area contributed by atoms with E-state index in [0.29, 0.717) is 23.6 Å². The number of nitrogen functional groups attached to an aromatic ring is 1. The van der Waals surface area contributed by atoms with Gasteiger partial charge >= 0.3 is 6.01 Å². The van der Waals surface area contributed by atoms with Crippen LogP contribution in [0.25, 0.3) is 11.2 Å². The highest BCUT2D eigenvalue weighted by atomic mass is 35.5. The second-order valence-corrected chi connectivity index (χ2v) is 7.21. The van der Waals surface area contributed by atoms with Gasteiger partial charge in [-0.25, -0.2) is 10.8 Å². The zero-order valence-electron chi connectivity index (χ0n) is 15.7. The van der Waals surface area contributed by atoms with Crippen molar-refractivity contribution in [2.24, 2.45) is 5.84 Å². The van der Waals surface area contributed by atoms with Gasteiger partial charge in [0.15, 0.2) is 23.2 Å². The molecule has 30 heavy (non-hydrogen) atoms. The van der Waals surface area contributed by atoms with Crippen LogP contribution in [0.3, 0.4) is 0 Å². The van der Waals surface area contributed by atoms with Crippen LogP contribution in [0, 0.1) is 0 Å². The number of rotatable bonds is 7. The maximum absolute atomic E-state index is 10.3. The summed E-state index contributed by atoms with van der Waals surface area (Å²) < 4.78 is 12.7. The molecule has 0 spiro atoms. The molecular formula is C18H21ClN6O5. The van der Waals surface area contributed by atoms with Gasteiger partial charge in [0, 0.05) is 11.4 Å². The van der Waals surface area contributed by atoms with Crippen molar-refractivity contribution in [1.29, 1.82) is 0 Å². The molecule has 11 nitrogen and oxygen atoms in total. The number of nitrogens with one attached hydrogen (secondary N) is 1. The van der Waals surface area contributed by atoms with Crippen LogP contribution in [0.1, 0.15) is 11.8 Å². The molecule has 0 bridgehead atoms. The molecule has 160 valence electrons. The van der Waals surface area contributed by atoms with Gasteiger partial charge in [-0.3, -0.25) is 4.57 Å². The first-order valence-corrected chi connectivity index (χ1v) is 9.60. The Morgan fingerprint density at radius 1 is 1.20 bits per heavy atom. The van der Waals surface area contributed by atoms with E-state index in [4.69, 9.17) is 26.9 Å². The van der Waals surface area contributed by atoms with Crippen molar-refractivity contribution in [2.45, 2.75) is 31.0 Å². The van der Waals surface area contributed by atoms with Gasteiger partial charge in [0.1, 0.15) is 18.3 Å². The molecule has 0 saturated carbocycles. The van der Waals surface area contributed by atoms with Crippen molar-refractivity contribution >= 4 is 28.6 Å². The maximum atomic E-state index is 10.3. The Kier molecular flexibility index (Phi) is 5.99. The van der Waals surface area contributed by atoms with Gasteiger partial charge in [-0.05, 0) is 17.7 Å². The average Bonchev–Trinajstić information content (AvgIpc) is 3.30. The minimum absolute atomic E-state index is 0.0536. The highest BCUT2D eigenvalue weighted by Crippen LogP contribution is 2.32. The molecule has 1 aromatic carbocycles. The Morgan fingerprint density at radius 2 is 1.97 bits per heavy atom. The number of halogens is 1. The van der Waals surface area contributed by atoms with Crippen LogP contribution < -0.4 is 16.0 Å². The Labute approximate surface area is 176 Å². The van der Waals surface area contributed by atoms with Gasteiger partial charge in [-0.15, -0.1) is 0 Å². The lowest BCUT2D eigenvalue weighted by Crippen LogP contribution is -2.33. The molecule has 1 aliphatic heterocycles. The predicted octanol–water partition coefficient (Wildman–Crippen LogP) is -0.00170. The third-order valence-corrected chi connectivity index (χ3v) is 5.12. The van der Waals surface area contributed by atoms with E-state index in [1.807, 2.05) is 12.1 Å². The lowest BCUT2D eigenvalue weighted by Gasteiger charge is -2.17. The fourth-order valence-electron chi connectivity index (χ4n) is 3.27. The summed E-state index contributed by atoms with van der Waals surface area (Å²) >= 11 is 5.89. The zero-order valence-corrected chi connectivity index (χ0v) is 16.5. The minimum atomic E-state index is -1.28. The van der Waals surface area contributed by atoms with Crippen LogP contribution in [0.4, 0.5) is 5.82 Å². The van der Waals surface area contributed by atoms with Crippen LogP contribution in [0.15, 0.2) is 30.6 Å². The Balaban J connectivity index is 1.57. The van der Waals surface area contributed by atoms with Gasteiger partial charge in [0.2, 0.25) is 0 Å². The monoisotopic (exact) mass is 436 g/mol. The molecule has 0 radical (unpaired) electrons. The van der Waals surface area contributed by atoms with Crippen LogP contribution in [-0.2, 0) is 11.2 Å². The summed E-state index contributed by atoms with van der Waals surface area (Å²) in [7, 11) is 0. The first kappa shape index (κ1) is 20.7. The molecule has 3 aromatic rings.